The second kappa shape index (κ2) is 8.88. The van der Waals surface area contributed by atoms with Crippen LogP contribution < -0.4 is 4.90 Å². The molecule has 0 radical (unpaired) electrons. The summed E-state index contributed by atoms with van der Waals surface area (Å²) in [6, 6.07) is 16.7. The number of anilines is 1. The maximum absolute atomic E-state index is 13.1. The first-order valence-corrected chi connectivity index (χ1v) is 10.5. The smallest absolute Gasteiger partial charge is 0.223 e. The van der Waals surface area contributed by atoms with Gasteiger partial charge in [0, 0.05) is 50.2 Å². The van der Waals surface area contributed by atoms with E-state index in [1.165, 1.54) is 12.1 Å². The van der Waals surface area contributed by atoms with E-state index >= 15 is 0 Å². The van der Waals surface area contributed by atoms with Gasteiger partial charge in [-0.25, -0.2) is 4.39 Å². The van der Waals surface area contributed by atoms with E-state index in [-0.39, 0.29) is 17.8 Å². The lowest BCUT2D eigenvalue weighted by Gasteiger charge is -2.36. The molecule has 1 saturated heterocycles. The summed E-state index contributed by atoms with van der Waals surface area (Å²) in [4.78, 5) is 19.0. The van der Waals surface area contributed by atoms with Gasteiger partial charge in [0.25, 0.3) is 0 Å². The molecule has 1 aliphatic heterocycles. The van der Waals surface area contributed by atoms with Gasteiger partial charge >= 0.3 is 0 Å². The van der Waals surface area contributed by atoms with Crippen LogP contribution in [0.5, 0.6) is 0 Å². The van der Waals surface area contributed by atoms with Crippen LogP contribution in [0.4, 0.5) is 10.1 Å². The summed E-state index contributed by atoms with van der Waals surface area (Å²) >= 11 is 0. The SMILES string of the molecule is CC(c1cc2ccccc2o1)N(C)CCC(=O)N1CCN(c2ccc(F)cc2)CC1. The van der Waals surface area contributed by atoms with Gasteiger partial charge in [0.05, 0.1) is 6.04 Å². The number of nitrogens with zero attached hydrogens (tertiary/aromatic N) is 3. The molecule has 4 rings (SSSR count). The third kappa shape index (κ3) is 4.49. The summed E-state index contributed by atoms with van der Waals surface area (Å²) in [6.45, 7) is 5.70. The van der Waals surface area contributed by atoms with E-state index in [1.807, 2.05) is 36.2 Å². The molecule has 158 valence electrons. The van der Waals surface area contributed by atoms with Gasteiger partial charge in [-0.15, -0.1) is 0 Å². The van der Waals surface area contributed by atoms with Crippen LogP contribution >= 0.6 is 0 Å². The van der Waals surface area contributed by atoms with Crippen LogP contribution in [0.15, 0.2) is 59.0 Å². The summed E-state index contributed by atoms with van der Waals surface area (Å²) in [6.07, 6.45) is 0.484. The number of piperazine rings is 1. The average Bonchev–Trinajstić information content (AvgIpc) is 3.21. The molecule has 0 aliphatic carbocycles. The van der Waals surface area contributed by atoms with Crippen molar-refractivity contribution in [3.63, 3.8) is 0 Å². The van der Waals surface area contributed by atoms with Crippen molar-refractivity contribution in [2.24, 2.45) is 0 Å². The molecule has 30 heavy (non-hydrogen) atoms. The van der Waals surface area contributed by atoms with Gasteiger partial charge in [0.2, 0.25) is 5.91 Å². The van der Waals surface area contributed by atoms with Crippen LogP contribution in [-0.4, -0.2) is 55.5 Å². The Morgan fingerprint density at radius 3 is 2.50 bits per heavy atom. The van der Waals surface area contributed by atoms with Gasteiger partial charge < -0.3 is 14.2 Å². The lowest BCUT2D eigenvalue weighted by molar-refractivity contribution is -0.131. The fourth-order valence-corrected chi connectivity index (χ4v) is 3.92. The fraction of sp³-hybridized carbons (Fsp3) is 0.375. The normalized spacial score (nSPS) is 15.7. The van der Waals surface area contributed by atoms with E-state index in [0.29, 0.717) is 26.1 Å². The highest BCUT2D eigenvalue weighted by Gasteiger charge is 2.23. The first-order chi connectivity index (χ1) is 14.5. The van der Waals surface area contributed by atoms with Gasteiger partial charge in [0.15, 0.2) is 0 Å². The molecule has 1 aliphatic rings. The molecule has 2 heterocycles. The Labute approximate surface area is 176 Å². The summed E-state index contributed by atoms with van der Waals surface area (Å²) in [7, 11) is 2.03. The number of benzene rings is 2. The molecule has 0 saturated carbocycles. The van der Waals surface area contributed by atoms with Gasteiger partial charge in [-0.05, 0) is 50.4 Å². The Kier molecular flexibility index (Phi) is 6.04. The van der Waals surface area contributed by atoms with Gasteiger partial charge in [0.1, 0.15) is 17.2 Å². The Bertz CT molecular complexity index is 960. The van der Waals surface area contributed by atoms with Gasteiger partial charge in [-0.2, -0.15) is 0 Å². The van der Waals surface area contributed by atoms with Crippen molar-refractivity contribution in [2.45, 2.75) is 19.4 Å². The Morgan fingerprint density at radius 1 is 1.10 bits per heavy atom. The molecular weight excluding hydrogens is 381 g/mol. The molecule has 0 spiro atoms. The van der Waals surface area contributed by atoms with Crippen molar-refractivity contribution in [1.82, 2.24) is 9.80 Å². The number of amides is 1. The van der Waals surface area contributed by atoms with E-state index < -0.39 is 0 Å². The molecule has 5 nitrogen and oxygen atoms in total. The van der Waals surface area contributed by atoms with Gasteiger partial charge in [-0.3, -0.25) is 9.69 Å². The molecule has 1 amide bonds. The predicted molar refractivity (Wildman–Crippen MR) is 117 cm³/mol. The number of carbonyl (C=O) groups excluding carboxylic acids is 1. The van der Waals surface area contributed by atoms with Crippen LogP contribution in [0.1, 0.15) is 25.1 Å². The Balaban J connectivity index is 1.26. The van der Waals surface area contributed by atoms with Crippen LogP contribution in [0.2, 0.25) is 0 Å². The van der Waals surface area contributed by atoms with Crippen LogP contribution in [0, 0.1) is 5.82 Å². The quantitative estimate of drug-likeness (QED) is 0.609. The van der Waals surface area contributed by atoms with E-state index in [1.54, 1.807) is 12.1 Å². The molecule has 3 aromatic rings. The van der Waals surface area contributed by atoms with E-state index in [4.69, 9.17) is 4.42 Å². The predicted octanol–water partition coefficient (Wildman–Crippen LogP) is 4.30. The number of rotatable bonds is 6. The van der Waals surface area contributed by atoms with E-state index in [2.05, 4.69) is 22.8 Å². The topological polar surface area (TPSA) is 39.9 Å². The second-order valence-electron chi connectivity index (χ2n) is 7.94. The minimum Gasteiger partial charge on any atom is -0.459 e. The number of hydrogen-bond acceptors (Lipinski definition) is 4. The molecule has 1 atom stereocenters. The zero-order chi connectivity index (χ0) is 21.1. The fourth-order valence-electron chi connectivity index (χ4n) is 3.92. The molecule has 6 heteroatoms. The van der Waals surface area contributed by atoms with E-state index in [9.17, 15) is 9.18 Å². The first-order valence-electron chi connectivity index (χ1n) is 10.5. The van der Waals surface area contributed by atoms with Crippen molar-refractivity contribution >= 4 is 22.6 Å². The molecule has 0 bridgehead atoms. The minimum absolute atomic E-state index is 0.0977. The van der Waals surface area contributed by atoms with Crippen LogP contribution in [0.3, 0.4) is 0 Å². The lowest BCUT2D eigenvalue weighted by Crippen LogP contribution is -2.49. The zero-order valence-electron chi connectivity index (χ0n) is 17.6. The third-order valence-electron chi connectivity index (χ3n) is 6.02. The third-order valence-corrected chi connectivity index (χ3v) is 6.02. The number of furan rings is 1. The highest BCUT2D eigenvalue weighted by atomic mass is 19.1. The van der Waals surface area contributed by atoms with Crippen LogP contribution in [-0.2, 0) is 4.79 Å². The number of hydrogen-bond donors (Lipinski definition) is 0. The summed E-state index contributed by atoms with van der Waals surface area (Å²) in [5.41, 5.74) is 1.89. The highest BCUT2D eigenvalue weighted by molar-refractivity contribution is 5.78. The molecule has 1 fully saturated rings. The number of carbonyl (C=O) groups is 1. The number of fused-ring (bicyclic) bond motifs is 1. The van der Waals surface area contributed by atoms with Gasteiger partial charge in [-0.1, -0.05) is 18.2 Å². The Hall–Kier alpha value is -2.86. The molecular formula is C24H28FN3O2. The molecule has 2 aromatic carbocycles. The van der Waals surface area contributed by atoms with Crippen molar-refractivity contribution in [1.29, 1.82) is 0 Å². The Morgan fingerprint density at radius 2 is 1.80 bits per heavy atom. The molecule has 0 N–H and O–H groups in total. The van der Waals surface area contributed by atoms with Crippen molar-refractivity contribution in [3.05, 3.63) is 66.2 Å². The monoisotopic (exact) mass is 409 g/mol. The zero-order valence-corrected chi connectivity index (χ0v) is 17.6. The standard InChI is InChI=1S/C24H28FN3O2/c1-18(23-17-19-5-3-4-6-22(19)30-23)26(2)12-11-24(29)28-15-13-27(14-16-28)21-9-7-20(25)8-10-21/h3-10,17-18H,11-16H2,1-2H3. The maximum atomic E-state index is 13.1. The largest absolute Gasteiger partial charge is 0.459 e. The van der Waals surface area contributed by atoms with Crippen molar-refractivity contribution in [3.8, 4) is 0 Å². The molecule has 1 aromatic heterocycles. The van der Waals surface area contributed by atoms with Crippen molar-refractivity contribution in [2.75, 3.05) is 44.7 Å². The van der Waals surface area contributed by atoms with E-state index in [0.717, 1.165) is 35.5 Å². The lowest BCUT2D eigenvalue weighted by atomic mass is 10.2. The number of halogens is 1. The van der Waals surface area contributed by atoms with Crippen LogP contribution in [0.25, 0.3) is 11.0 Å². The average molecular weight is 410 g/mol. The second-order valence-corrected chi connectivity index (χ2v) is 7.94. The highest BCUT2D eigenvalue weighted by Crippen LogP contribution is 2.26. The summed E-state index contributed by atoms with van der Waals surface area (Å²) in [5.74, 6) is 0.866. The number of para-hydroxylation sites is 1. The maximum Gasteiger partial charge on any atom is 0.223 e. The van der Waals surface area contributed by atoms with Crippen molar-refractivity contribution < 1.29 is 13.6 Å². The summed E-state index contributed by atoms with van der Waals surface area (Å²) in [5, 5.41) is 1.10. The molecule has 1 unspecified atom stereocenters. The minimum atomic E-state index is -0.228. The summed E-state index contributed by atoms with van der Waals surface area (Å²) < 4.78 is 19.1. The first kappa shape index (κ1) is 20.4.